The highest BCUT2D eigenvalue weighted by Gasteiger charge is 2.45. The molecular formula is C29H33N3O5. The van der Waals surface area contributed by atoms with Crippen LogP contribution in [0.5, 0.6) is 0 Å². The van der Waals surface area contributed by atoms with Crippen molar-refractivity contribution in [3.8, 4) is 0 Å². The Bertz CT molecular complexity index is 1140. The van der Waals surface area contributed by atoms with Crippen molar-refractivity contribution in [2.24, 2.45) is 0 Å². The molecule has 37 heavy (non-hydrogen) atoms. The van der Waals surface area contributed by atoms with Gasteiger partial charge in [0.1, 0.15) is 0 Å². The highest BCUT2D eigenvalue weighted by atomic mass is 16.4. The molecule has 8 heteroatoms. The zero-order valence-corrected chi connectivity index (χ0v) is 21.0. The summed E-state index contributed by atoms with van der Waals surface area (Å²) >= 11 is 0. The third-order valence-electron chi connectivity index (χ3n) is 6.56. The van der Waals surface area contributed by atoms with Gasteiger partial charge in [-0.05, 0) is 49.1 Å². The first-order valence-corrected chi connectivity index (χ1v) is 12.4. The largest absolute Gasteiger partial charge is 0.473 e. The molecular weight excluding hydrogens is 470 g/mol. The summed E-state index contributed by atoms with van der Waals surface area (Å²) in [6, 6.07) is 26.8. The quantitative estimate of drug-likeness (QED) is 0.465. The van der Waals surface area contributed by atoms with E-state index in [0.717, 1.165) is 50.3 Å². The number of aliphatic carboxylic acids is 2. The molecule has 1 aliphatic rings. The standard InChI is InChI=1S/C27H31N3O.C2H2O4/c1-2-26(31)30(24-13-7-4-8-14-24)27(25-15-9-10-19-28-25)17-21-29(22-18-27)20-16-23-11-5-3-6-12-23;3-1(4)2(5)6/h3-15,19H,2,16-18,20-22H2,1H3;(H,3,4)(H,5,6). The summed E-state index contributed by atoms with van der Waals surface area (Å²) < 4.78 is 0. The Hall–Kier alpha value is -4.04. The molecule has 0 radical (unpaired) electrons. The van der Waals surface area contributed by atoms with Crippen molar-refractivity contribution in [2.75, 3.05) is 24.5 Å². The van der Waals surface area contributed by atoms with Gasteiger partial charge in [-0.3, -0.25) is 9.78 Å². The van der Waals surface area contributed by atoms with Crippen LogP contribution in [0.4, 0.5) is 5.69 Å². The van der Waals surface area contributed by atoms with Crippen molar-refractivity contribution in [1.82, 2.24) is 9.88 Å². The van der Waals surface area contributed by atoms with Crippen molar-refractivity contribution >= 4 is 23.5 Å². The lowest BCUT2D eigenvalue weighted by Gasteiger charge is -2.48. The van der Waals surface area contributed by atoms with Gasteiger partial charge in [0, 0.05) is 37.9 Å². The third kappa shape index (κ3) is 7.24. The maximum Gasteiger partial charge on any atom is 0.414 e. The molecule has 1 aliphatic heterocycles. The van der Waals surface area contributed by atoms with Crippen LogP contribution in [0.15, 0.2) is 85.1 Å². The number of carbonyl (C=O) groups excluding carboxylic acids is 1. The van der Waals surface area contributed by atoms with Gasteiger partial charge in [0.2, 0.25) is 5.91 Å². The molecule has 8 nitrogen and oxygen atoms in total. The van der Waals surface area contributed by atoms with Gasteiger partial charge in [-0.1, -0.05) is 61.5 Å². The second-order valence-electron chi connectivity index (χ2n) is 8.85. The number of hydrogen-bond acceptors (Lipinski definition) is 5. The number of amides is 1. The fraction of sp³-hybridized carbons (Fsp3) is 0.310. The number of carboxylic acids is 2. The Morgan fingerprint density at radius 1 is 0.865 bits per heavy atom. The molecule has 0 unspecified atom stereocenters. The number of likely N-dealkylation sites (tertiary alicyclic amines) is 1. The Morgan fingerprint density at radius 3 is 1.95 bits per heavy atom. The van der Waals surface area contributed by atoms with E-state index in [4.69, 9.17) is 24.8 Å². The minimum atomic E-state index is -1.82. The number of benzene rings is 2. The number of pyridine rings is 1. The summed E-state index contributed by atoms with van der Waals surface area (Å²) in [4.78, 5) is 40.8. The number of para-hydroxylation sites is 1. The van der Waals surface area contributed by atoms with E-state index in [-0.39, 0.29) is 5.91 Å². The topological polar surface area (TPSA) is 111 Å². The molecule has 0 atom stereocenters. The van der Waals surface area contributed by atoms with Crippen molar-refractivity contribution in [3.05, 3.63) is 96.3 Å². The lowest BCUT2D eigenvalue weighted by molar-refractivity contribution is -0.159. The van der Waals surface area contributed by atoms with Crippen LogP contribution in [0.2, 0.25) is 0 Å². The highest BCUT2D eigenvalue weighted by molar-refractivity contribution is 6.27. The lowest BCUT2D eigenvalue weighted by atomic mass is 9.81. The average molecular weight is 504 g/mol. The monoisotopic (exact) mass is 503 g/mol. The van der Waals surface area contributed by atoms with Crippen molar-refractivity contribution in [3.63, 3.8) is 0 Å². The van der Waals surface area contributed by atoms with Gasteiger partial charge in [0.05, 0.1) is 11.2 Å². The van der Waals surface area contributed by atoms with Crippen molar-refractivity contribution in [1.29, 1.82) is 0 Å². The summed E-state index contributed by atoms with van der Waals surface area (Å²) in [5, 5.41) is 14.8. The SMILES string of the molecule is CCC(=O)N(c1ccccc1)C1(c2ccccn2)CCN(CCc2ccccc2)CC1.O=C(O)C(=O)O. The number of rotatable bonds is 7. The zero-order valence-electron chi connectivity index (χ0n) is 21.0. The molecule has 0 aliphatic carbocycles. The Labute approximate surface area is 217 Å². The summed E-state index contributed by atoms with van der Waals surface area (Å²) in [5.41, 5.74) is 2.90. The van der Waals surface area contributed by atoms with E-state index in [9.17, 15) is 4.79 Å². The number of carbonyl (C=O) groups is 3. The summed E-state index contributed by atoms with van der Waals surface area (Å²) in [7, 11) is 0. The number of carboxylic acid groups (broad SMARTS) is 2. The van der Waals surface area contributed by atoms with Gasteiger partial charge in [-0.25, -0.2) is 9.59 Å². The Balaban J connectivity index is 0.000000568. The molecule has 0 saturated carbocycles. The van der Waals surface area contributed by atoms with E-state index in [1.807, 2.05) is 60.5 Å². The van der Waals surface area contributed by atoms with Crippen LogP contribution in [-0.2, 0) is 26.3 Å². The number of piperidine rings is 1. The predicted octanol–water partition coefficient (Wildman–Crippen LogP) is 4.21. The van der Waals surface area contributed by atoms with Gasteiger partial charge in [-0.15, -0.1) is 0 Å². The molecule has 1 saturated heterocycles. The number of anilines is 1. The molecule has 4 rings (SSSR count). The van der Waals surface area contributed by atoms with Gasteiger partial charge in [0.25, 0.3) is 0 Å². The van der Waals surface area contributed by atoms with E-state index >= 15 is 0 Å². The molecule has 194 valence electrons. The average Bonchev–Trinajstić information content (AvgIpc) is 2.94. The van der Waals surface area contributed by atoms with E-state index in [0.29, 0.717) is 6.42 Å². The molecule has 3 aromatic rings. The maximum atomic E-state index is 13.3. The van der Waals surface area contributed by atoms with E-state index in [1.165, 1.54) is 5.56 Å². The van der Waals surface area contributed by atoms with E-state index in [1.54, 1.807) is 0 Å². The van der Waals surface area contributed by atoms with Crippen LogP contribution in [0, 0.1) is 0 Å². The van der Waals surface area contributed by atoms with Crippen LogP contribution in [0.25, 0.3) is 0 Å². The maximum absolute atomic E-state index is 13.3. The minimum absolute atomic E-state index is 0.148. The summed E-state index contributed by atoms with van der Waals surface area (Å²) in [6.07, 6.45) is 5.12. The molecule has 0 bridgehead atoms. The smallest absolute Gasteiger partial charge is 0.414 e. The van der Waals surface area contributed by atoms with Crippen LogP contribution >= 0.6 is 0 Å². The molecule has 1 aromatic heterocycles. The van der Waals surface area contributed by atoms with Crippen LogP contribution in [-0.4, -0.2) is 57.6 Å². The predicted molar refractivity (Wildman–Crippen MR) is 141 cm³/mol. The van der Waals surface area contributed by atoms with E-state index < -0.39 is 17.5 Å². The molecule has 2 heterocycles. The van der Waals surface area contributed by atoms with Crippen LogP contribution in [0.3, 0.4) is 0 Å². The van der Waals surface area contributed by atoms with Gasteiger partial charge in [0.15, 0.2) is 0 Å². The number of aromatic nitrogens is 1. The second kappa shape index (κ2) is 13.3. The van der Waals surface area contributed by atoms with Gasteiger partial charge < -0.3 is 20.0 Å². The van der Waals surface area contributed by atoms with Crippen molar-refractivity contribution in [2.45, 2.75) is 38.1 Å². The van der Waals surface area contributed by atoms with Crippen molar-refractivity contribution < 1.29 is 24.6 Å². The summed E-state index contributed by atoms with van der Waals surface area (Å²) in [6.45, 7) is 4.88. The number of hydrogen-bond donors (Lipinski definition) is 2. The molecule has 0 spiro atoms. The fourth-order valence-corrected chi connectivity index (χ4v) is 4.68. The Morgan fingerprint density at radius 2 is 1.43 bits per heavy atom. The first-order chi connectivity index (χ1) is 17.9. The zero-order chi connectivity index (χ0) is 26.7. The summed E-state index contributed by atoms with van der Waals surface area (Å²) in [5.74, 6) is -3.50. The first-order valence-electron chi connectivity index (χ1n) is 12.4. The minimum Gasteiger partial charge on any atom is -0.473 e. The second-order valence-corrected chi connectivity index (χ2v) is 8.85. The van der Waals surface area contributed by atoms with Crippen LogP contribution < -0.4 is 4.90 Å². The molecule has 2 aromatic carbocycles. The molecule has 1 amide bonds. The van der Waals surface area contributed by atoms with Gasteiger partial charge >= 0.3 is 11.9 Å². The number of nitrogens with zero attached hydrogens (tertiary/aromatic N) is 3. The highest BCUT2D eigenvalue weighted by Crippen LogP contribution is 2.41. The molecule has 2 N–H and O–H groups in total. The van der Waals surface area contributed by atoms with E-state index in [2.05, 4.69) is 41.3 Å². The van der Waals surface area contributed by atoms with Gasteiger partial charge in [-0.2, -0.15) is 0 Å². The third-order valence-corrected chi connectivity index (χ3v) is 6.56. The molecule has 1 fully saturated rings. The normalized spacial score (nSPS) is 14.6. The lowest BCUT2D eigenvalue weighted by Crippen LogP contribution is -2.56. The first kappa shape index (κ1) is 27.5. The Kier molecular flexibility index (Phi) is 9.92. The van der Waals surface area contributed by atoms with Crippen LogP contribution in [0.1, 0.15) is 37.4 Å². The fourth-order valence-electron chi connectivity index (χ4n) is 4.68.